The van der Waals surface area contributed by atoms with E-state index in [1.54, 1.807) is 60.8 Å². The van der Waals surface area contributed by atoms with Crippen LogP contribution in [0.15, 0.2) is 60.8 Å². The topological polar surface area (TPSA) is 96.3 Å². The van der Waals surface area contributed by atoms with Crippen LogP contribution in [0.25, 0.3) is 0 Å². The van der Waals surface area contributed by atoms with Crippen LogP contribution in [0.3, 0.4) is 0 Å². The summed E-state index contributed by atoms with van der Waals surface area (Å²) < 4.78 is 11.0. The number of nitrogens with zero attached hydrogens (tertiary/aromatic N) is 2. The molecule has 7 heteroatoms. The number of nitriles is 1. The minimum absolute atomic E-state index is 0.272. The van der Waals surface area contributed by atoms with Gasteiger partial charge in [0, 0.05) is 29.3 Å². The van der Waals surface area contributed by atoms with Crippen molar-refractivity contribution in [3.8, 4) is 17.6 Å². The van der Waals surface area contributed by atoms with E-state index < -0.39 is 0 Å². The Morgan fingerprint density at radius 1 is 0.929 bits per heavy atom. The average Bonchev–Trinajstić information content (AvgIpc) is 2.74. The van der Waals surface area contributed by atoms with Crippen LogP contribution in [-0.2, 0) is 0 Å². The standard InChI is InChI=1S/C21H16N4O3/c22-13-14-1-3-15(4-2-14)24-17-7-8-23-18(11-17)21(26)25-16-5-6-19-20(12-16)28-10-9-27-19/h1-8,11-12H,9-10H2,(H,23,24)(H,25,26). The van der Waals surface area contributed by atoms with Gasteiger partial charge in [-0.2, -0.15) is 5.26 Å². The number of rotatable bonds is 4. The van der Waals surface area contributed by atoms with Gasteiger partial charge in [0.2, 0.25) is 0 Å². The van der Waals surface area contributed by atoms with E-state index in [0.29, 0.717) is 41.7 Å². The van der Waals surface area contributed by atoms with Gasteiger partial charge in [-0.05, 0) is 48.5 Å². The van der Waals surface area contributed by atoms with E-state index in [-0.39, 0.29) is 11.6 Å². The van der Waals surface area contributed by atoms with Gasteiger partial charge in [0.05, 0.1) is 11.6 Å². The number of anilines is 3. The fourth-order valence-electron chi connectivity index (χ4n) is 2.74. The first-order valence-corrected chi connectivity index (χ1v) is 8.65. The molecule has 0 bridgehead atoms. The highest BCUT2D eigenvalue weighted by Crippen LogP contribution is 2.32. The Morgan fingerprint density at radius 3 is 2.46 bits per heavy atom. The highest BCUT2D eigenvalue weighted by atomic mass is 16.6. The molecule has 1 aliphatic rings. The maximum absolute atomic E-state index is 12.6. The number of hydrogen-bond donors (Lipinski definition) is 2. The lowest BCUT2D eigenvalue weighted by Gasteiger charge is -2.19. The lowest BCUT2D eigenvalue weighted by atomic mass is 10.2. The summed E-state index contributed by atoms with van der Waals surface area (Å²) in [6.07, 6.45) is 1.56. The zero-order chi connectivity index (χ0) is 19.3. The number of hydrogen-bond acceptors (Lipinski definition) is 6. The summed E-state index contributed by atoms with van der Waals surface area (Å²) in [4.78, 5) is 16.7. The highest BCUT2D eigenvalue weighted by Gasteiger charge is 2.14. The summed E-state index contributed by atoms with van der Waals surface area (Å²) in [6, 6.07) is 17.8. The summed E-state index contributed by atoms with van der Waals surface area (Å²) in [5, 5.41) is 14.9. The number of aromatic nitrogens is 1. The third-order valence-electron chi connectivity index (χ3n) is 4.10. The Bertz CT molecular complexity index is 1060. The summed E-state index contributed by atoms with van der Waals surface area (Å²) in [5.74, 6) is 0.935. The number of carbonyl (C=O) groups excluding carboxylic acids is 1. The number of ether oxygens (including phenoxy) is 2. The van der Waals surface area contributed by atoms with Crippen molar-refractivity contribution < 1.29 is 14.3 Å². The fraction of sp³-hybridized carbons (Fsp3) is 0.0952. The van der Waals surface area contributed by atoms with Crippen molar-refractivity contribution in [2.24, 2.45) is 0 Å². The van der Waals surface area contributed by atoms with Gasteiger partial charge < -0.3 is 20.1 Å². The molecule has 0 unspecified atom stereocenters. The third kappa shape index (κ3) is 3.86. The first-order chi connectivity index (χ1) is 13.7. The van der Waals surface area contributed by atoms with Crippen LogP contribution in [0.1, 0.15) is 16.1 Å². The second-order valence-corrected chi connectivity index (χ2v) is 6.06. The van der Waals surface area contributed by atoms with Gasteiger partial charge >= 0.3 is 0 Å². The molecular weight excluding hydrogens is 356 g/mol. The summed E-state index contributed by atoms with van der Waals surface area (Å²) >= 11 is 0. The Labute approximate surface area is 161 Å². The number of fused-ring (bicyclic) bond motifs is 1. The predicted molar refractivity (Wildman–Crippen MR) is 104 cm³/mol. The molecule has 4 rings (SSSR count). The number of pyridine rings is 1. The summed E-state index contributed by atoms with van der Waals surface area (Å²) in [6.45, 7) is 0.997. The molecule has 0 saturated heterocycles. The van der Waals surface area contributed by atoms with Crippen molar-refractivity contribution in [1.29, 1.82) is 5.26 Å². The van der Waals surface area contributed by atoms with Crippen LogP contribution in [-0.4, -0.2) is 24.1 Å². The molecule has 1 amide bonds. The molecule has 0 atom stereocenters. The van der Waals surface area contributed by atoms with E-state index in [4.69, 9.17) is 14.7 Å². The van der Waals surface area contributed by atoms with Crippen LogP contribution in [0, 0.1) is 11.3 Å². The highest BCUT2D eigenvalue weighted by molar-refractivity contribution is 6.03. The minimum atomic E-state index is -0.333. The summed E-state index contributed by atoms with van der Waals surface area (Å²) in [7, 11) is 0. The number of amides is 1. The molecule has 138 valence electrons. The van der Waals surface area contributed by atoms with Gasteiger partial charge in [-0.3, -0.25) is 9.78 Å². The first-order valence-electron chi connectivity index (χ1n) is 8.65. The van der Waals surface area contributed by atoms with Crippen LogP contribution in [0.4, 0.5) is 17.1 Å². The van der Waals surface area contributed by atoms with Crippen LogP contribution in [0.5, 0.6) is 11.5 Å². The van der Waals surface area contributed by atoms with Crippen molar-refractivity contribution in [2.45, 2.75) is 0 Å². The minimum Gasteiger partial charge on any atom is -0.486 e. The Morgan fingerprint density at radius 2 is 1.68 bits per heavy atom. The second kappa shape index (κ2) is 7.68. The number of nitrogens with one attached hydrogen (secondary N) is 2. The van der Waals surface area contributed by atoms with Crippen molar-refractivity contribution in [3.05, 3.63) is 72.1 Å². The van der Waals surface area contributed by atoms with Gasteiger partial charge in [-0.1, -0.05) is 0 Å². The molecule has 2 N–H and O–H groups in total. The number of carbonyl (C=O) groups is 1. The van der Waals surface area contributed by atoms with E-state index in [2.05, 4.69) is 21.7 Å². The zero-order valence-electron chi connectivity index (χ0n) is 14.8. The lowest BCUT2D eigenvalue weighted by Crippen LogP contribution is -2.17. The Kier molecular flexibility index (Phi) is 4.76. The fourth-order valence-corrected chi connectivity index (χ4v) is 2.74. The molecule has 0 saturated carbocycles. The molecule has 2 heterocycles. The van der Waals surface area contributed by atoms with E-state index in [1.807, 2.05) is 0 Å². The monoisotopic (exact) mass is 372 g/mol. The molecular formula is C21H16N4O3. The van der Waals surface area contributed by atoms with E-state index >= 15 is 0 Å². The Hall–Kier alpha value is -4.05. The normalized spacial score (nSPS) is 12.0. The molecule has 0 radical (unpaired) electrons. The molecule has 7 nitrogen and oxygen atoms in total. The van der Waals surface area contributed by atoms with Crippen molar-refractivity contribution in [2.75, 3.05) is 23.8 Å². The molecule has 3 aromatic rings. The van der Waals surface area contributed by atoms with Crippen LogP contribution >= 0.6 is 0 Å². The molecule has 1 aliphatic heterocycles. The van der Waals surface area contributed by atoms with Gasteiger partial charge in [0.1, 0.15) is 18.9 Å². The van der Waals surface area contributed by atoms with Gasteiger partial charge in [-0.25, -0.2) is 0 Å². The largest absolute Gasteiger partial charge is 0.486 e. The first kappa shape index (κ1) is 17.4. The quantitative estimate of drug-likeness (QED) is 0.725. The van der Waals surface area contributed by atoms with E-state index in [0.717, 1.165) is 5.69 Å². The lowest BCUT2D eigenvalue weighted by molar-refractivity contribution is 0.102. The van der Waals surface area contributed by atoms with E-state index in [9.17, 15) is 4.79 Å². The maximum atomic E-state index is 12.6. The molecule has 0 spiro atoms. The van der Waals surface area contributed by atoms with E-state index in [1.165, 1.54) is 0 Å². The van der Waals surface area contributed by atoms with Gasteiger partial charge in [0.15, 0.2) is 11.5 Å². The Balaban J connectivity index is 1.47. The smallest absolute Gasteiger partial charge is 0.274 e. The van der Waals surface area contributed by atoms with Crippen LogP contribution < -0.4 is 20.1 Å². The third-order valence-corrected chi connectivity index (χ3v) is 4.10. The van der Waals surface area contributed by atoms with Crippen molar-refractivity contribution in [1.82, 2.24) is 4.98 Å². The number of benzene rings is 2. The van der Waals surface area contributed by atoms with Gasteiger partial charge in [-0.15, -0.1) is 0 Å². The van der Waals surface area contributed by atoms with Crippen molar-refractivity contribution >= 4 is 23.0 Å². The van der Waals surface area contributed by atoms with Crippen LogP contribution in [0.2, 0.25) is 0 Å². The maximum Gasteiger partial charge on any atom is 0.274 e. The van der Waals surface area contributed by atoms with Gasteiger partial charge in [0.25, 0.3) is 5.91 Å². The zero-order valence-corrected chi connectivity index (χ0v) is 14.8. The second-order valence-electron chi connectivity index (χ2n) is 6.06. The van der Waals surface area contributed by atoms with Crippen molar-refractivity contribution in [3.63, 3.8) is 0 Å². The average molecular weight is 372 g/mol. The predicted octanol–water partition coefficient (Wildman–Crippen LogP) is 3.72. The summed E-state index contributed by atoms with van der Waals surface area (Å²) in [5.41, 5.74) is 2.98. The molecule has 0 aliphatic carbocycles. The molecule has 28 heavy (non-hydrogen) atoms. The SMILES string of the molecule is N#Cc1ccc(Nc2ccnc(C(=O)Nc3ccc4c(c3)OCCO4)c2)cc1. The molecule has 1 aromatic heterocycles. The molecule has 2 aromatic carbocycles. The molecule has 0 fully saturated rings.